The number of anilines is 1. The third-order valence-corrected chi connectivity index (χ3v) is 5.56. The molecule has 3 rings (SSSR count). The highest BCUT2D eigenvalue weighted by Crippen LogP contribution is 2.32. The first-order chi connectivity index (χ1) is 10.6. The van der Waals surface area contributed by atoms with Crippen molar-refractivity contribution in [2.45, 2.75) is 25.7 Å². The van der Waals surface area contributed by atoms with Gasteiger partial charge in [0.15, 0.2) is 5.13 Å². The predicted octanol–water partition coefficient (Wildman–Crippen LogP) is 2.37. The van der Waals surface area contributed by atoms with Gasteiger partial charge in [-0.3, -0.25) is 4.79 Å². The highest BCUT2D eigenvalue weighted by molar-refractivity contribution is 7.16. The van der Waals surface area contributed by atoms with Crippen LogP contribution in [0.1, 0.15) is 25.7 Å². The molecule has 0 saturated heterocycles. The number of thiophene rings is 1. The van der Waals surface area contributed by atoms with E-state index in [9.17, 15) is 14.7 Å². The van der Waals surface area contributed by atoms with E-state index in [-0.39, 0.29) is 5.91 Å². The summed E-state index contributed by atoms with van der Waals surface area (Å²) in [6.07, 6.45) is 2.81. The Labute approximate surface area is 136 Å². The van der Waals surface area contributed by atoms with E-state index in [0.717, 1.165) is 23.4 Å². The van der Waals surface area contributed by atoms with Gasteiger partial charge in [0.2, 0.25) is 5.91 Å². The third-order valence-electron chi connectivity index (χ3n) is 3.91. The maximum absolute atomic E-state index is 12.3. The molecule has 22 heavy (non-hydrogen) atoms. The number of amides is 1. The first kappa shape index (κ1) is 15.2. The molecule has 5 nitrogen and oxygen atoms in total. The van der Waals surface area contributed by atoms with Crippen molar-refractivity contribution in [3.8, 4) is 10.6 Å². The molecule has 2 aromatic rings. The lowest BCUT2D eigenvalue weighted by molar-refractivity contribution is -0.313. The smallest absolute Gasteiger partial charge is 0.229 e. The van der Waals surface area contributed by atoms with Gasteiger partial charge in [0, 0.05) is 23.2 Å². The van der Waals surface area contributed by atoms with Crippen molar-refractivity contribution in [2.75, 3.05) is 5.32 Å². The van der Waals surface area contributed by atoms with Crippen molar-refractivity contribution >= 4 is 39.7 Å². The SMILES string of the molecule is O=C([O-])[C@H]1CCCC[C@@H]1C(=O)Nc1nc(-c2cccs2)cs1. The Kier molecular flexibility index (Phi) is 4.54. The number of carboxylic acid groups (broad SMARTS) is 1. The van der Waals surface area contributed by atoms with Crippen molar-refractivity contribution in [3.63, 3.8) is 0 Å². The summed E-state index contributed by atoms with van der Waals surface area (Å²) in [5.74, 6) is -2.60. The number of carbonyl (C=O) groups excluding carboxylic acids is 2. The maximum atomic E-state index is 12.3. The van der Waals surface area contributed by atoms with Gasteiger partial charge in [-0.15, -0.1) is 22.7 Å². The molecule has 0 spiro atoms. The second-order valence-electron chi connectivity index (χ2n) is 5.32. The molecule has 2 heterocycles. The van der Waals surface area contributed by atoms with Crippen LogP contribution in [0.5, 0.6) is 0 Å². The maximum Gasteiger partial charge on any atom is 0.229 e. The number of aromatic nitrogens is 1. The van der Waals surface area contributed by atoms with Crippen molar-refractivity contribution in [2.24, 2.45) is 11.8 Å². The number of rotatable bonds is 4. The normalized spacial score (nSPS) is 21.5. The molecule has 2 atom stereocenters. The van der Waals surface area contributed by atoms with Crippen LogP contribution in [0.15, 0.2) is 22.9 Å². The average Bonchev–Trinajstić information content (AvgIpc) is 3.17. The summed E-state index contributed by atoms with van der Waals surface area (Å²) >= 11 is 2.94. The molecule has 1 saturated carbocycles. The average molecular weight is 335 g/mol. The second kappa shape index (κ2) is 6.58. The van der Waals surface area contributed by atoms with Gasteiger partial charge in [0.05, 0.1) is 10.6 Å². The summed E-state index contributed by atoms with van der Waals surface area (Å²) in [6.45, 7) is 0. The summed E-state index contributed by atoms with van der Waals surface area (Å²) in [7, 11) is 0. The van der Waals surface area contributed by atoms with Crippen LogP contribution in [0.2, 0.25) is 0 Å². The Morgan fingerprint density at radius 2 is 2.00 bits per heavy atom. The molecular formula is C15H15N2O3S2-. The van der Waals surface area contributed by atoms with E-state index in [2.05, 4.69) is 10.3 Å². The van der Waals surface area contributed by atoms with Gasteiger partial charge >= 0.3 is 0 Å². The number of nitrogens with zero attached hydrogens (tertiary/aromatic N) is 1. The minimum atomic E-state index is -1.13. The van der Waals surface area contributed by atoms with Gasteiger partial charge in [-0.1, -0.05) is 18.9 Å². The Bertz CT molecular complexity index is 666. The molecule has 7 heteroatoms. The molecule has 0 bridgehead atoms. The number of aliphatic carboxylic acids is 1. The zero-order chi connectivity index (χ0) is 15.5. The van der Waals surface area contributed by atoms with Crippen molar-refractivity contribution in [1.82, 2.24) is 4.98 Å². The summed E-state index contributed by atoms with van der Waals surface area (Å²) in [6, 6.07) is 3.92. The molecule has 0 unspecified atom stereocenters. The lowest BCUT2D eigenvalue weighted by Gasteiger charge is -2.30. The zero-order valence-electron chi connectivity index (χ0n) is 11.8. The lowest BCUT2D eigenvalue weighted by atomic mass is 9.79. The molecule has 0 aliphatic heterocycles. The van der Waals surface area contributed by atoms with Crippen molar-refractivity contribution in [1.29, 1.82) is 0 Å². The Morgan fingerprint density at radius 1 is 1.23 bits per heavy atom. The van der Waals surface area contributed by atoms with Gasteiger partial charge in [-0.05, 0) is 24.3 Å². The lowest BCUT2D eigenvalue weighted by Crippen LogP contribution is -2.42. The molecule has 1 fully saturated rings. The molecule has 116 valence electrons. The Morgan fingerprint density at radius 3 is 2.68 bits per heavy atom. The molecule has 0 radical (unpaired) electrons. The molecule has 1 aliphatic rings. The topological polar surface area (TPSA) is 82.1 Å². The summed E-state index contributed by atoms with van der Waals surface area (Å²) in [5, 5.41) is 18.3. The fourth-order valence-electron chi connectivity index (χ4n) is 2.79. The molecule has 1 N–H and O–H groups in total. The molecule has 2 aromatic heterocycles. The van der Waals surface area contributed by atoms with E-state index in [4.69, 9.17) is 0 Å². The van der Waals surface area contributed by atoms with E-state index in [1.807, 2.05) is 22.9 Å². The van der Waals surface area contributed by atoms with Crippen LogP contribution in [0.4, 0.5) is 5.13 Å². The molecule has 1 amide bonds. The quantitative estimate of drug-likeness (QED) is 0.930. The third kappa shape index (κ3) is 3.20. The van der Waals surface area contributed by atoms with Crippen LogP contribution in [-0.2, 0) is 9.59 Å². The predicted molar refractivity (Wildman–Crippen MR) is 84.5 cm³/mol. The molecule has 0 aromatic carbocycles. The van der Waals surface area contributed by atoms with E-state index in [1.54, 1.807) is 11.3 Å². The van der Waals surface area contributed by atoms with Crippen LogP contribution >= 0.6 is 22.7 Å². The van der Waals surface area contributed by atoms with Gasteiger partial charge in [-0.2, -0.15) is 0 Å². The summed E-state index contributed by atoms with van der Waals surface area (Å²) in [4.78, 5) is 29.0. The van der Waals surface area contributed by atoms with Crippen LogP contribution in [0, 0.1) is 11.8 Å². The first-order valence-corrected chi connectivity index (χ1v) is 8.92. The number of carboxylic acids is 1. The minimum Gasteiger partial charge on any atom is -0.550 e. The van der Waals surface area contributed by atoms with E-state index >= 15 is 0 Å². The van der Waals surface area contributed by atoms with Crippen LogP contribution < -0.4 is 10.4 Å². The molecular weight excluding hydrogens is 320 g/mol. The summed E-state index contributed by atoms with van der Waals surface area (Å²) < 4.78 is 0. The van der Waals surface area contributed by atoms with E-state index in [1.165, 1.54) is 11.3 Å². The standard InChI is InChI=1S/C15H16N2O3S2/c18-13(9-4-1-2-5-10(9)14(19)20)17-15-16-11(8-22-15)12-6-3-7-21-12/h3,6-10H,1-2,4-5H2,(H,19,20)(H,16,17,18)/p-1/t9-,10-/m0/s1. The van der Waals surface area contributed by atoms with Gasteiger partial charge in [0.1, 0.15) is 0 Å². The first-order valence-electron chi connectivity index (χ1n) is 7.16. The van der Waals surface area contributed by atoms with Crippen LogP contribution in [0.25, 0.3) is 10.6 Å². The zero-order valence-corrected chi connectivity index (χ0v) is 13.4. The number of nitrogens with one attached hydrogen (secondary N) is 1. The fraction of sp³-hybridized carbons (Fsp3) is 0.400. The van der Waals surface area contributed by atoms with Gasteiger partial charge < -0.3 is 15.2 Å². The Hall–Kier alpha value is -1.73. The fourth-order valence-corrected chi connectivity index (χ4v) is 4.27. The van der Waals surface area contributed by atoms with Gasteiger partial charge in [-0.25, -0.2) is 4.98 Å². The second-order valence-corrected chi connectivity index (χ2v) is 7.13. The summed E-state index contributed by atoms with van der Waals surface area (Å²) in [5.41, 5.74) is 0.829. The Balaban J connectivity index is 1.70. The number of hydrogen-bond donors (Lipinski definition) is 1. The largest absolute Gasteiger partial charge is 0.550 e. The van der Waals surface area contributed by atoms with Crippen LogP contribution in [-0.4, -0.2) is 16.9 Å². The number of hydrogen-bond acceptors (Lipinski definition) is 6. The van der Waals surface area contributed by atoms with Crippen LogP contribution in [0.3, 0.4) is 0 Å². The highest BCUT2D eigenvalue weighted by atomic mass is 32.1. The van der Waals surface area contributed by atoms with E-state index in [0.29, 0.717) is 18.0 Å². The number of thiazole rings is 1. The number of carbonyl (C=O) groups is 2. The van der Waals surface area contributed by atoms with Gasteiger partial charge in [0.25, 0.3) is 0 Å². The highest BCUT2D eigenvalue weighted by Gasteiger charge is 2.32. The van der Waals surface area contributed by atoms with E-state index < -0.39 is 17.8 Å². The van der Waals surface area contributed by atoms with Crippen molar-refractivity contribution in [3.05, 3.63) is 22.9 Å². The monoisotopic (exact) mass is 335 g/mol. The molecule has 1 aliphatic carbocycles. The van der Waals surface area contributed by atoms with Crippen molar-refractivity contribution < 1.29 is 14.7 Å². The minimum absolute atomic E-state index is 0.263.